The van der Waals surface area contributed by atoms with Crippen molar-refractivity contribution in [2.24, 2.45) is 0 Å². The van der Waals surface area contributed by atoms with Crippen LogP contribution in [-0.2, 0) is 18.6 Å². The van der Waals surface area contributed by atoms with Crippen molar-refractivity contribution in [3.63, 3.8) is 0 Å². The predicted octanol–water partition coefficient (Wildman–Crippen LogP) is 3.93. The van der Waals surface area contributed by atoms with Crippen molar-refractivity contribution < 1.29 is 5.11 Å². The van der Waals surface area contributed by atoms with Crippen LogP contribution in [0.3, 0.4) is 0 Å². The SMILES string of the molecule is CCn1nc(C)c(Cl)c1CC(C)(O)c1cc(C)ccc1C. The van der Waals surface area contributed by atoms with Crippen LogP contribution in [0.25, 0.3) is 0 Å². The zero-order chi connectivity index (χ0) is 15.8. The Morgan fingerprint density at radius 2 is 1.95 bits per heavy atom. The van der Waals surface area contributed by atoms with Gasteiger partial charge in [0.05, 0.1) is 22.0 Å². The Labute approximate surface area is 131 Å². The van der Waals surface area contributed by atoms with Crippen molar-refractivity contribution in [2.45, 2.75) is 53.2 Å². The van der Waals surface area contributed by atoms with Gasteiger partial charge in [0.25, 0.3) is 0 Å². The average molecular weight is 307 g/mol. The van der Waals surface area contributed by atoms with Gasteiger partial charge in [-0.05, 0) is 45.7 Å². The van der Waals surface area contributed by atoms with Crippen LogP contribution in [0.1, 0.15) is 41.9 Å². The van der Waals surface area contributed by atoms with Gasteiger partial charge in [0.1, 0.15) is 0 Å². The van der Waals surface area contributed by atoms with Crippen LogP contribution in [0.4, 0.5) is 0 Å². The van der Waals surface area contributed by atoms with Crippen LogP contribution >= 0.6 is 11.6 Å². The molecule has 1 aromatic carbocycles. The number of hydrogen-bond acceptors (Lipinski definition) is 2. The van der Waals surface area contributed by atoms with Gasteiger partial charge in [0, 0.05) is 13.0 Å². The fraction of sp³-hybridized carbons (Fsp3) is 0.471. The molecule has 0 radical (unpaired) electrons. The van der Waals surface area contributed by atoms with Gasteiger partial charge < -0.3 is 5.11 Å². The molecule has 3 nitrogen and oxygen atoms in total. The quantitative estimate of drug-likeness (QED) is 0.929. The van der Waals surface area contributed by atoms with Crippen LogP contribution in [0, 0.1) is 20.8 Å². The molecule has 0 fully saturated rings. The number of aryl methyl sites for hydroxylation is 4. The van der Waals surface area contributed by atoms with Gasteiger partial charge in [-0.1, -0.05) is 35.4 Å². The maximum atomic E-state index is 11.0. The molecule has 0 bridgehead atoms. The highest BCUT2D eigenvalue weighted by Gasteiger charge is 2.29. The van der Waals surface area contributed by atoms with E-state index >= 15 is 0 Å². The molecule has 2 rings (SSSR count). The molecule has 1 heterocycles. The molecule has 0 spiro atoms. The third kappa shape index (κ3) is 3.14. The summed E-state index contributed by atoms with van der Waals surface area (Å²) in [7, 11) is 0. The second-order valence-corrected chi connectivity index (χ2v) is 6.31. The zero-order valence-corrected chi connectivity index (χ0v) is 14.1. The lowest BCUT2D eigenvalue weighted by atomic mass is 9.87. The van der Waals surface area contributed by atoms with Gasteiger partial charge in [0.2, 0.25) is 0 Å². The number of benzene rings is 1. The summed E-state index contributed by atoms with van der Waals surface area (Å²) in [6.45, 7) is 10.6. The van der Waals surface area contributed by atoms with Crippen LogP contribution < -0.4 is 0 Å². The number of hydrogen-bond donors (Lipinski definition) is 1. The first kappa shape index (κ1) is 16.1. The third-order valence-electron chi connectivity index (χ3n) is 3.94. The number of rotatable bonds is 4. The maximum Gasteiger partial charge on any atom is 0.0926 e. The highest BCUT2D eigenvalue weighted by molar-refractivity contribution is 6.31. The van der Waals surface area contributed by atoms with Gasteiger partial charge in [-0.2, -0.15) is 5.10 Å². The topological polar surface area (TPSA) is 38.0 Å². The lowest BCUT2D eigenvalue weighted by molar-refractivity contribution is 0.0547. The van der Waals surface area contributed by atoms with E-state index in [-0.39, 0.29) is 0 Å². The van der Waals surface area contributed by atoms with Crippen molar-refractivity contribution >= 4 is 11.6 Å². The van der Waals surface area contributed by atoms with E-state index in [1.165, 1.54) is 0 Å². The van der Waals surface area contributed by atoms with E-state index in [9.17, 15) is 5.11 Å². The van der Waals surface area contributed by atoms with Gasteiger partial charge >= 0.3 is 0 Å². The summed E-state index contributed by atoms with van der Waals surface area (Å²) in [5, 5.41) is 16.1. The number of halogens is 1. The molecule has 1 aromatic heterocycles. The molecule has 2 aromatic rings. The molecule has 0 saturated carbocycles. The Kier molecular flexibility index (Phi) is 4.45. The van der Waals surface area contributed by atoms with Crippen LogP contribution in [-0.4, -0.2) is 14.9 Å². The lowest BCUT2D eigenvalue weighted by Crippen LogP contribution is -2.27. The Hall–Kier alpha value is -1.32. The maximum absolute atomic E-state index is 11.0. The second-order valence-electron chi connectivity index (χ2n) is 5.93. The van der Waals surface area contributed by atoms with E-state index in [0.717, 1.165) is 34.6 Å². The Bertz CT molecular complexity index is 659. The highest BCUT2D eigenvalue weighted by atomic mass is 35.5. The minimum Gasteiger partial charge on any atom is -0.385 e. The Morgan fingerprint density at radius 3 is 2.57 bits per heavy atom. The smallest absolute Gasteiger partial charge is 0.0926 e. The van der Waals surface area contributed by atoms with E-state index in [2.05, 4.69) is 11.2 Å². The van der Waals surface area contributed by atoms with E-state index in [1.807, 2.05) is 51.4 Å². The van der Waals surface area contributed by atoms with E-state index < -0.39 is 5.60 Å². The number of aromatic nitrogens is 2. The number of nitrogens with zero attached hydrogens (tertiary/aromatic N) is 2. The summed E-state index contributed by atoms with van der Waals surface area (Å²) in [6.07, 6.45) is 0.449. The van der Waals surface area contributed by atoms with Crippen molar-refractivity contribution in [3.05, 3.63) is 51.3 Å². The van der Waals surface area contributed by atoms with Crippen molar-refractivity contribution in [1.82, 2.24) is 9.78 Å². The van der Waals surface area contributed by atoms with E-state index in [0.29, 0.717) is 11.4 Å². The minimum atomic E-state index is -0.973. The summed E-state index contributed by atoms with van der Waals surface area (Å²) < 4.78 is 1.87. The molecule has 114 valence electrons. The summed E-state index contributed by atoms with van der Waals surface area (Å²) in [6, 6.07) is 6.15. The molecule has 0 aliphatic carbocycles. The van der Waals surface area contributed by atoms with E-state index in [1.54, 1.807) is 0 Å². The normalized spacial score (nSPS) is 14.2. The fourth-order valence-electron chi connectivity index (χ4n) is 2.78. The summed E-state index contributed by atoms with van der Waals surface area (Å²) >= 11 is 6.36. The van der Waals surface area contributed by atoms with E-state index in [4.69, 9.17) is 11.6 Å². The first-order valence-electron chi connectivity index (χ1n) is 7.28. The average Bonchev–Trinajstić information content (AvgIpc) is 2.68. The van der Waals surface area contributed by atoms with Crippen molar-refractivity contribution in [2.75, 3.05) is 0 Å². The molecule has 1 unspecified atom stereocenters. The van der Waals surface area contributed by atoms with Crippen LogP contribution in [0.15, 0.2) is 18.2 Å². The summed E-state index contributed by atoms with van der Waals surface area (Å²) in [5.74, 6) is 0. The monoisotopic (exact) mass is 306 g/mol. The van der Waals surface area contributed by atoms with Gasteiger partial charge in [-0.25, -0.2) is 0 Å². The lowest BCUT2D eigenvalue weighted by Gasteiger charge is -2.26. The predicted molar refractivity (Wildman–Crippen MR) is 86.8 cm³/mol. The molecule has 21 heavy (non-hydrogen) atoms. The first-order valence-corrected chi connectivity index (χ1v) is 7.66. The summed E-state index contributed by atoms with van der Waals surface area (Å²) in [4.78, 5) is 0. The molecule has 0 saturated heterocycles. The Balaban J connectivity index is 2.44. The minimum absolute atomic E-state index is 0.449. The largest absolute Gasteiger partial charge is 0.385 e. The Morgan fingerprint density at radius 1 is 1.29 bits per heavy atom. The molecule has 0 amide bonds. The van der Waals surface area contributed by atoms with Crippen LogP contribution in [0.2, 0.25) is 5.02 Å². The van der Waals surface area contributed by atoms with Gasteiger partial charge in [-0.15, -0.1) is 0 Å². The highest BCUT2D eigenvalue weighted by Crippen LogP contribution is 2.32. The van der Waals surface area contributed by atoms with Crippen LogP contribution in [0.5, 0.6) is 0 Å². The van der Waals surface area contributed by atoms with Crippen molar-refractivity contribution in [1.29, 1.82) is 0 Å². The van der Waals surface area contributed by atoms with Crippen molar-refractivity contribution in [3.8, 4) is 0 Å². The van der Waals surface area contributed by atoms with Gasteiger partial charge in [0.15, 0.2) is 0 Å². The third-order valence-corrected chi connectivity index (χ3v) is 4.43. The van der Waals surface area contributed by atoms with Gasteiger partial charge in [-0.3, -0.25) is 4.68 Å². The molecule has 1 N–H and O–H groups in total. The standard InChI is InChI=1S/C17H23ClN2O/c1-6-20-15(16(18)13(4)19-20)10-17(5,21)14-9-11(2)7-8-12(14)3/h7-9,21H,6,10H2,1-5H3. The molecule has 4 heteroatoms. The fourth-order valence-corrected chi connectivity index (χ4v) is 2.98. The number of aliphatic hydroxyl groups is 1. The first-order chi connectivity index (χ1) is 9.76. The molecule has 0 aliphatic rings. The molecular formula is C17H23ClN2O. The molecule has 0 aliphatic heterocycles. The molecular weight excluding hydrogens is 284 g/mol. The zero-order valence-electron chi connectivity index (χ0n) is 13.4. The summed E-state index contributed by atoms with van der Waals surface area (Å²) in [5.41, 5.74) is 3.90. The second kappa shape index (κ2) is 5.82. The molecule has 1 atom stereocenters.